The molecule has 128 heavy (non-hydrogen) atoms. The monoisotopic (exact) mass is 1760 g/mol. The fourth-order valence-electron chi connectivity index (χ4n) is 16.8. The van der Waals surface area contributed by atoms with Crippen molar-refractivity contribution in [2.24, 2.45) is 0 Å². The van der Waals surface area contributed by atoms with Gasteiger partial charge in [0.1, 0.15) is 58.4 Å². The maximum Gasteiger partial charge on any atom is 0.408 e. The topological polar surface area (TPSA) is 281 Å². The van der Waals surface area contributed by atoms with Gasteiger partial charge < -0.3 is 60.6 Å². The Labute approximate surface area is 749 Å². The van der Waals surface area contributed by atoms with Crippen LogP contribution in [0.1, 0.15) is 136 Å². The molecule has 3 aliphatic rings. The molecule has 3 saturated heterocycles. The van der Waals surface area contributed by atoms with Crippen LogP contribution in [0.3, 0.4) is 0 Å². The number of carboxylic acid groups (broad SMARTS) is 1. The van der Waals surface area contributed by atoms with Crippen LogP contribution in [-0.4, -0.2) is 232 Å². The lowest BCUT2D eigenvalue weighted by Gasteiger charge is -2.44. The second kappa shape index (κ2) is 45.2. The molecule has 684 valence electrons. The van der Waals surface area contributed by atoms with Gasteiger partial charge in [-0.2, -0.15) is 0 Å². The molecule has 8 amide bonds. The van der Waals surface area contributed by atoms with Gasteiger partial charge in [-0.05, 0) is 203 Å². The van der Waals surface area contributed by atoms with Crippen LogP contribution in [0.15, 0.2) is 200 Å². The Morgan fingerprint density at radius 2 is 0.586 bits per heavy atom. The minimum atomic E-state index is -0.932. The third-order valence-electron chi connectivity index (χ3n) is 23.3. The van der Waals surface area contributed by atoms with Gasteiger partial charge in [-0.3, -0.25) is 43.5 Å². The van der Waals surface area contributed by atoms with Crippen molar-refractivity contribution in [3.05, 3.63) is 251 Å². The number of nitrogens with one attached hydrogen (secondary N) is 5. The first kappa shape index (κ1) is 98.2. The Balaban J connectivity index is 0.000000200. The summed E-state index contributed by atoms with van der Waals surface area (Å²) in [7, 11) is 3.30. The zero-order chi connectivity index (χ0) is 92.7. The Morgan fingerprint density at radius 3 is 0.828 bits per heavy atom. The smallest absolute Gasteiger partial charge is 0.408 e. The van der Waals surface area contributed by atoms with Gasteiger partial charge in [0.25, 0.3) is 0 Å². The molecule has 12 rings (SSSR count). The zero-order valence-corrected chi connectivity index (χ0v) is 76.1. The van der Waals surface area contributed by atoms with Gasteiger partial charge in [-0.1, -0.05) is 185 Å². The van der Waals surface area contributed by atoms with Crippen molar-refractivity contribution in [3.63, 3.8) is 0 Å². The van der Waals surface area contributed by atoms with E-state index in [1.54, 1.807) is 128 Å². The van der Waals surface area contributed by atoms with E-state index in [1.165, 1.54) is 36.4 Å². The molecule has 9 atom stereocenters. The number of carbonyl (C=O) groups is 9. The second-order valence-electron chi connectivity index (χ2n) is 36.1. The Hall–Kier alpha value is -11.9. The fourth-order valence-corrected chi connectivity index (χ4v) is 16.8. The number of aliphatic carboxylic acids is 1. The molecule has 9 aromatic rings. The Kier molecular flexibility index (Phi) is 34.7. The van der Waals surface area contributed by atoms with Crippen molar-refractivity contribution in [1.29, 1.82) is 0 Å². The van der Waals surface area contributed by atoms with E-state index >= 15 is 0 Å². The van der Waals surface area contributed by atoms with Crippen molar-refractivity contribution in [2.75, 3.05) is 73.0 Å². The van der Waals surface area contributed by atoms with Crippen LogP contribution in [0.5, 0.6) is 0 Å². The van der Waals surface area contributed by atoms with E-state index in [0.717, 1.165) is 60.1 Å². The van der Waals surface area contributed by atoms with Crippen molar-refractivity contribution >= 4 is 86.1 Å². The standard InChI is InChI=1S/2C34H43FN4O4.C33H40FN3O5/c2*1-6-28-22-38(30(31(40)36-5)21-24-11-14-25-9-7-8-10-26(25)19-24)17-18-39(28)32(41)29(37-33(42)43-34(2,3)4)20-23-12-15-27(35)16-13-23;1-5-27-21-36(29(31(39)40)20-23-10-13-24-8-6-7-9-25(24)18-23)16-17-37(27)30(38)28(35-32(41)42-33(2,3)4)19-22-11-14-26(34)15-12-22/h2*7-16,19,28-30H,6,17-18,20-22H2,1-5H3,(H,36,40)(H,37,42);6-15,18,27-29H,5,16-17,19-21H2,1-4H3,(H,35,41)(H,39,40)/t2*28-,29+,30-;27-,28+,29-/m000/s1. The normalized spacial score (nSPS) is 17.3. The number of piperazine rings is 3. The van der Waals surface area contributed by atoms with E-state index < -0.39 is 77.3 Å². The summed E-state index contributed by atoms with van der Waals surface area (Å²) >= 11 is 0. The average molecular weight is 1760 g/mol. The van der Waals surface area contributed by atoms with Gasteiger partial charge in [0.05, 0.1) is 12.1 Å². The minimum Gasteiger partial charge on any atom is -0.480 e. The highest BCUT2D eigenvalue weighted by atomic mass is 19.1. The number of ether oxygens (including phenoxy) is 3. The summed E-state index contributed by atoms with van der Waals surface area (Å²) in [6.07, 6.45) is 1.86. The number of benzene rings is 9. The Morgan fingerprint density at radius 1 is 0.344 bits per heavy atom. The minimum absolute atomic E-state index is 0.0661. The van der Waals surface area contributed by atoms with Crippen LogP contribution in [0, 0.1) is 17.5 Å². The summed E-state index contributed by atoms with van der Waals surface area (Å²) in [4.78, 5) is 130. The van der Waals surface area contributed by atoms with Gasteiger partial charge >= 0.3 is 24.2 Å². The van der Waals surface area contributed by atoms with E-state index in [4.69, 9.17) is 14.2 Å². The molecule has 24 nitrogen and oxygen atoms in total. The Bertz CT molecular complexity index is 5060. The molecule has 3 aliphatic heterocycles. The van der Waals surface area contributed by atoms with Crippen LogP contribution < -0.4 is 26.6 Å². The predicted molar refractivity (Wildman–Crippen MR) is 492 cm³/mol. The second-order valence-corrected chi connectivity index (χ2v) is 36.1. The first-order valence-electron chi connectivity index (χ1n) is 44.3. The lowest BCUT2D eigenvalue weighted by atomic mass is 9.97. The van der Waals surface area contributed by atoms with Crippen molar-refractivity contribution in [1.82, 2.24) is 56.0 Å². The van der Waals surface area contributed by atoms with E-state index in [9.17, 15) is 61.4 Å². The molecule has 0 bridgehead atoms. The number of amides is 8. The number of alkyl carbamates (subject to hydrolysis) is 3. The van der Waals surface area contributed by atoms with E-state index in [-0.39, 0.29) is 84.4 Å². The first-order valence-corrected chi connectivity index (χ1v) is 44.3. The lowest BCUT2D eigenvalue weighted by Crippen LogP contribution is -2.63. The third-order valence-corrected chi connectivity index (χ3v) is 23.3. The molecule has 3 fully saturated rings. The number of hydrogen-bond acceptors (Lipinski definition) is 15. The molecular weight excluding hydrogens is 1630 g/mol. The molecule has 0 aromatic heterocycles. The summed E-state index contributed by atoms with van der Waals surface area (Å²) in [6.45, 7) is 25.7. The van der Waals surface area contributed by atoms with Crippen LogP contribution >= 0.6 is 0 Å². The molecule has 0 spiro atoms. The van der Waals surface area contributed by atoms with Crippen molar-refractivity contribution in [2.45, 2.75) is 212 Å². The SMILES string of the molecule is CC[C@H]1CN([C@@H](Cc2ccc3ccccc3c2)C(=O)NC)CCN1C(=O)[C@@H](Cc1ccc(F)cc1)NC(=O)OC(C)(C)C.CC[C@H]1CN([C@@H](Cc2ccc3ccccc3c2)C(=O)NC)CCN1C(=O)[C@@H](Cc1ccc(F)cc1)NC(=O)OC(C)(C)C.CC[C@H]1CN([C@@H](Cc2ccc3ccccc3c2)C(=O)O)CCN1C(=O)[C@@H](Cc1ccc(F)cc1)NC(=O)OC(C)(C)C. The lowest BCUT2D eigenvalue weighted by molar-refractivity contribution is -0.147. The van der Waals surface area contributed by atoms with E-state index in [1.807, 2.05) is 92.4 Å². The predicted octanol–water partition coefficient (Wildman–Crippen LogP) is 14.4. The van der Waals surface area contributed by atoms with Crippen molar-refractivity contribution < 1.29 is 75.6 Å². The first-order chi connectivity index (χ1) is 60.9. The van der Waals surface area contributed by atoms with Crippen LogP contribution in [-0.2, 0) is 81.5 Å². The molecule has 27 heteroatoms. The quantitative estimate of drug-likeness (QED) is 0.0261. The average Bonchev–Trinajstić information content (AvgIpc) is 0.787. The van der Waals surface area contributed by atoms with Crippen LogP contribution in [0.2, 0.25) is 0 Å². The molecule has 3 heterocycles. The number of nitrogens with zero attached hydrogens (tertiary/aromatic N) is 6. The third kappa shape index (κ3) is 28.5. The highest BCUT2D eigenvalue weighted by molar-refractivity contribution is 5.90. The number of halogens is 3. The number of rotatable bonds is 27. The number of carboxylic acids is 1. The molecule has 0 radical (unpaired) electrons. The summed E-state index contributed by atoms with van der Waals surface area (Å²) in [5, 5.41) is 30.8. The molecule has 0 aliphatic carbocycles. The largest absolute Gasteiger partial charge is 0.480 e. The summed E-state index contributed by atoms with van der Waals surface area (Å²) < 4.78 is 57.0. The van der Waals surface area contributed by atoms with Gasteiger partial charge in [-0.15, -0.1) is 0 Å². The molecule has 0 unspecified atom stereocenters. The fraction of sp³-hybridized carbons (Fsp3) is 0.436. The van der Waals surface area contributed by atoms with Crippen molar-refractivity contribution in [3.8, 4) is 0 Å². The van der Waals surface area contributed by atoms with Crippen LogP contribution in [0.4, 0.5) is 27.6 Å². The van der Waals surface area contributed by atoms with E-state index in [0.29, 0.717) is 103 Å². The summed E-state index contributed by atoms with van der Waals surface area (Å²) in [5.41, 5.74) is 3.00. The summed E-state index contributed by atoms with van der Waals surface area (Å²) in [6, 6.07) is 55.6. The van der Waals surface area contributed by atoms with Gasteiger partial charge in [0.2, 0.25) is 29.5 Å². The maximum absolute atomic E-state index is 14.0. The summed E-state index contributed by atoms with van der Waals surface area (Å²) in [5.74, 6) is -2.91. The van der Waals surface area contributed by atoms with Gasteiger partial charge in [-0.25, -0.2) is 27.6 Å². The molecule has 9 aromatic carbocycles. The zero-order valence-electron chi connectivity index (χ0n) is 76.1. The number of likely N-dealkylation sites (N-methyl/N-ethyl adjacent to an activating group) is 2. The molecule has 0 saturated carbocycles. The maximum atomic E-state index is 14.0. The van der Waals surface area contributed by atoms with Crippen LogP contribution in [0.25, 0.3) is 32.3 Å². The number of hydrogen-bond donors (Lipinski definition) is 6. The number of fused-ring (bicyclic) bond motifs is 3. The highest BCUT2D eigenvalue weighted by Crippen LogP contribution is 2.29. The highest BCUT2D eigenvalue weighted by Gasteiger charge is 2.43. The van der Waals surface area contributed by atoms with E-state index in [2.05, 4.69) is 97.0 Å². The van der Waals surface area contributed by atoms with Gasteiger partial charge in [0, 0.05) is 110 Å². The number of carbonyl (C=O) groups excluding carboxylic acids is 8. The van der Waals surface area contributed by atoms with Gasteiger partial charge in [0.15, 0.2) is 0 Å². The molecule has 6 N–H and O–H groups in total. The molecular formula is C101H126F3N11O13.